The van der Waals surface area contributed by atoms with E-state index in [-0.39, 0.29) is 40.6 Å². The molecular formula is C27H34N2O6. The van der Waals surface area contributed by atoms with E-state index in [4.69, 9.17) is 14.7 Å². The first-order valence-electron chi connectivity index (χ1n) is 12.8. The molecule has 1 aromatic heterocycles. The Balaban J connectivity index is 1.67. The Hall–Kier alpha value is -2.13. The average Bonchev–Trinajstić information content (AvgIpc) is 2.94. The Morgan fingerprint density at radius 1 is 1.17 bits per heavy atom. The average molecular weight is 483 g/mol. The number of nitrogens with zero attached hydrogens (tertiary/aromatic N) is 2. The van der Waals surface area contributed by atoms with Gasteiger partial charge in [-0.05, 0) is 66.5 Å². The van der Waals surface area contributed by atoms with Gasteiger partial charge in [0.2, 0.25) is 5.79 Å². The minimum absolute atomic E-state index is 0.0273. The Labute approximate surface area is 204 Å². The molecule has 0 amide bonds. The van der Waals surface area contributed by atoms with Crippen molar-refractivity contribution in [2.75, 3.05) is 6.79 Å². The zero-order valence-electron chi connectivity index (χ0n) is 20.4. The summed E-state index contributed by atoms with van der Waals surface area (Å²) in [6.45, 7) is 5.75. The van der Waals surface area contributed by atoms with E-state index in [0.717, 1.165) is 37.8 Å². The molecule has 1 aromatic carbocycles. The summed E-state index contributed by atoms with van der Waals surface area (Å²) in [5.74, 6) is -3.21. The molecule has 4 aliphatic rings. The fourth-order valence-electron chi connectivity index (χ4n) is 9.24. The monoisotopic (exact) mass is 482 g/mol. The number of hydrogen-bond donors (Lipinski definition) is 4. The van der Waals surface area contributed by atoms with Crippen LogP contribution in [0.3, 0.4) is 0 Å². The van der Waals surface area contributed by atoms with Gasteiger partial charge >= 0.3 is 5.97 Å². The maximum atomic E-state index is 12.4. The molecule has 0 aliphatic heterocycles. The van der Waals surface area contributed by atoms with Gasteiger partial charge in [-0.3, -0.25) is 0 Å². The molecule has 4 aliphatic carbocycles. The highest BCUT2D eigenvalue weighted by atomic mass is 16.7. The summed E-state index contributed by atoms with van der Waals surface area (Å²) in [4.78, 5) is 21.6. The number of fused-ring (bicyclic) bond motifs is 6. The highest BCUT2D eigenvalue weighted by molar-refractivity contribution is 5.92. The second-order valence-corrected chi connectivity index (χ2v) is 11.7. The molecule has 1 heterocycles. The van der Waals surface area contributed by atoms with Crippen molar-refractivity contribution in [2.45, 2.75) is 76.1 Å². The van der Waals surface area contributed by atoms with Gasteiger partial charge in [-0.25, -0.2) is 14.8 Å². The van der Waals surface area contributed by atoms with Gasteiger partial charge in [0.25, 0.3) is 0 Å². The van der Waals surface area contributed by atoms with Gasteiger partial charge in [-0.2, -0.15) is 0 Å². The van der Waals surface area contributed by atoms with E-state index in [1.54, 1.807) is 6.07 Å². The van der Waals surface area contributed by atoms with Gasteiger partial charge in [0.1, 0.15) is 12.9 Å². The maximum Gasteiger partial charge on any atom is 0.335 e. The number of carboxylic acids is 1. The van der Waals surface area contributed by atoms with E-state index < -0.39 is 30.1 Å². The predicted octanol–water partition coefficient (Wildman–Crippen LogP) is 3.18. The van der Waals surface area contributed by atoms with Gasteiger partial charge in [0.15, 0.2) is 0 Å². The summed E-state index contributed by atoms with van der Waals surface area (Å²) in [6, 6.07) is 4.73. The highest BCUT2D eigenvalue weighted by Crippen LogP contribution is 2.74. The lowest BCUT2D eigenvalue weighted by Gasteiger charge is -2.68. The molecule has 3 saturated carbocycles. The number of benzene rings is 1. The number of aliphatic hydroxyl groups is 3. The first-order valence-corrected chi connectivity index (χ1v) is 12.8. The zero-order valence-corrected chi connectivity index (χ0v) is 20.4. The van der Waals surface area contributed by atoms with Gasteiger partial charge in [0.05, 0.1) is 33.4 Å². The molecule has 3 fully saturated rings. The van der Waals surface area contributed by atoms with Crippen LogP contribution in [0.15, 0.2) is 18.2 Å². The minimum atomic E-state index is -2.04. The largest absolute Gasteiger partial charge is 0.478 e. The van der Waals surface area contributed by atoms with E-state index in [0.29, 0.717) is 16.7 Å². The summed E-state index contributed by atoms with van der Waals surface area (Å²) < 4.78 is 5.82. The van der Waals surface area contributed by atoms with E-state index in [2.05, 4.69) is 20.8 Å². The molecule has 2 aromatic rings. The second-order valence-electron chi connectivity index (χ2n) is 11.7. The molecule has 35 heavy (non-hydrogen) atoms. The number of hydrogen-bond acceptors (Lipinski definition) is 7. The number of aromatic carboxylic acids is 1. The lowest BCUT2D eigenvalue weighted by Crippen LogP contribution is -2.77. The molecule has 9 atom stereocenters. The zero-order chi connectivity index (χ0) is 24.9. The van der Waals surface area contributed by atoms with Crippen LogP contribution >= 0.6 is 0 Å². The van der Waals surface area contributed by atoms with Crippen LogP contribution in [-0.2, 0) is 10.2 Å². The number of rotatable bonds is 3. The molecule has 8 nitrogen and oxygen atoms in total. The van der Waals surface area contributed by atoms with Gasteiger partial charge in [-0.15, -0.1) is 0 Å². The second kappa shape index (κ2) is 7.44. The molecule has 4 N–H and O–H groups in total. The quantitative estimate of drug-likeness (QED) is 0.490. The number of carbonyl (C=O) groups is 1. The summed E-state index contributed by atoms with van der Waals surface area (Å²) in [7, 11) is 0. The normalized spacial score (nSPS) is 43.9. The summed E-state index contributed by atoms with van der Waals surface area (Å²) >= 11 is 0. The highest BCUT2D eigenvalue weighted by Gasteiger charge is 2.79. The maximum absolute atomic E-state index is 12.4. The first-order chi connectivity index (χ1) is 16.6. The Morgan fingerprint density at radius 2 is 1.94 bits per heavy atom. The van der Waals surface area contributed by atoms with Crippen LogP contribution in [-0.4, -0.2) is 55.0 Å². The molecule has 0 saturated heterocycles. The minimum Gasteiger partial charge on any atom is -0.478 e. The standard InChI is InChI=1S/C27H34N2O6/c1-13-5-4-10-25(3)19-9-7-16-14(2)26(19,27(34,35-12-30)23(31)20(13)25)22-21(16)28-17-8-6-15(24(32)33)11-18(17)29-22/h6,8,11,13-14,16,19-20,23,30-31,34H,4-5,7,9-10,12H2,1-3H3,(H,32,33)/t13-,14+,16+,19?,20?,23-,25-,26-,27+/m0/s1. The van der Waals surface area contributed by atoms with Gasteiger partial charge in [0, 0.05) is 5.92 Å². The van der Waals surface area contributed by atoms with Crippen molar-refractivity contribution < 1.29 is 30.0 Å². The molecule has 6 rings (SSSR count). The lowest BCUT2D eigenvalue weighted by molar-refractivity contribution is -0.385. The van der Waals surface area contributed by atoms with Crippen LogP contribution in [0.5, 0.6) is 0 Å². The third kappa shape index (κ3) is 2.64. The number of aromatic nitrogens is 2. The van der Waals surface area contributed by atoms with Crippen molar-refractivity contribution in [2.24, 2.45) is 29.1 Å². The van der Waals surface area contributed by atoms with Gasteiger partial charge in [-0.1, -0.05) is 33.6 Å². The smallest absolute Gasteiger partial charge is 0.335 e. The summed E-state index contributed by atoms with van der Waals surface area (Å²) in [5.41, 5.74) is 1.25. The number of ether oxygens (including phenoxy) is 1. The lowest BCUT2D eigenvalue weighted by atomic mass is 9.39. The van der Waals surface area contributed by atoms with Crippen molar-refractivity contribution in [1.29, 1.82) is 0 Å². The predicted molar refractivity (Wildman–Crippen MR) is 127 cm³/mol. The van der Waals surface area contributed by atoms with Crippen LogP contribution in [0.1, 0.15) is 80.5 Å². The molecule has 8 heteroatoms. The summed E-state index contributed by atoms with van der Waals surface area (Å²) in [5, 5.41) is 43.8. The van der Waals surface area contributed by atoms with E-state index >= 15 is 0 Å². The number of carboxylic acid groups (broad SMARTS) is 1. The third-order valence-corrected chi connectivity index (χ3v) is 10.5. The Kier molecular flexibility index (Phi) is 4.95. The molecule has 2 unspecified atom stereocenters. The van der Waals surface area contributed by atoms with Gasteiger partial charge < -0.3 is 25.2 Å². The molecular weight excluding hydrogens is 448 g/mol. The third-order valence-electron chi connectivity index (χ3n) is 10.5. The molecule has 188 valence electrons. The van der Waals surface area contributed by atoms with Crippen LogP contribution in [0.25, 0.3) is 11.0 Å². The van der Waals surface area contributed by atoms with Crippen molar-refractivity contribution in [1.82, 2.24) is 9.97 Å². The Morgan fingerprint density at radius 3 is 2.66 bits per heavy atom. The molecule has 0 radical (unpaired) electrons. The van der Waals surface area contributed by atoms with Crippen LogP contribution in [0.2, 0.25) is 0 Å². The number of aliphatic hydroxyl groups excluding tert-OH is 2. The van der Waals surface area contributed by atoms with Crippen molar-refractivity contribution in [3.05, 3.63) is 35.2 Å². The Bertz CT molecular complexity index is 1220. The van der Waals surface area contributed by atoms with Crippen molar-refractivity contribution >= 4 is 17.0 Å². The van der Waals surface area contributed by atoms with E-state index in [1.807, 2.05) is 0 Å². The molecule has 2 bridgehead atoms. The summed E-state index contributed by atoms with van der Waals surface area (Å²) in [6.07, 6.45) is 3.51. The first kappa shape index (κ1) is 23.3. The molecule has 1 spiro atoms. The fourth-order valence-corrected chi connectivity index (χ4v) is 9.24. The fraction of sp³-hybridized carbons (Fsp3) is 0.667. The SMILES string of the molecule is C[C@@H]1[C@H]2CCC3[C@]4(C)CCC[C@H](C)C4[C@H](O)[C@@](O)(OCO)[C@]31c1nc3cc(C(=O)O)ccc3nc12. The van der Waals surface area contributed by atoms with Crippen LogP contribution in [0, 0.1) is 29.1 Å². The van der Waals surface area contributed by atoms with Crippen LogP contribution in [0.4, 0.5) is 0 Å². The topological polar surface area (TPSA) is 133 Å². The van der Waals surface area contributed by atoms with Crippen LogP contribution < -0.4 is 0 Å². The van der Waals surface area contributed by atoms with Crippen molar-refractivity contribution in [3.63, 3.8) is 0 Å². The van der Waals surface area contributed by atoms with Crippen molar-refractivity contribution in [3.8, 4) is 0 Å². The van der Waals surface area contributed by atoms with E-state index in [9.17, 15) is 25.2 Å². The van der Waals surface area contributed by atoms with E-state index in [1.165, 1.54) is 12.1 Å².